The molecule has 11 aromatic rings. The Bertz CT molecular complexity index is 6340. The molecule has 0 aliphatic carbocycles. The quantitative estimate of drug-likeness (QED) is 0.0128. The number of hydrogen-bond acceptors (Lipinski definition) is 20. The molecule has 3 aliphatic rings. The fourth-order valence-electron chi connectivity index (χ4n) is 12.0. The van der Waals surface area contributed by atoms with Gasteiger partial charge in [-0.1, -0.05) is 129 Å². The molecule has 0 unspecified atom stereocenters. The van der Waals surface area contributed by atoms with Gasteiger partial charge in [0.1, 0.15) is 5.56 Å². The van der Waals surface area contributed by atoms with Crippen LogP contribution in [-0.2, 0) is 52.7 Å². The molecule has 25 nitrogen and oxygen atoms in total. The fraction of sp³-hybridized carbons (Fsp3) is 0.0500. The van der Waals surface area contributed by atoms with Crippen LogP contribution in [0, 0.1) is 46.5 Å². The predicted molar refractivity (Wildman–Crippen MR) is 395 cm³/mol. The molecule has 588 valence electrons. The summed E-state index contributed by atoms with van der Waals surface area (Å²) in [7, 11) is -16.4. The number of esters is 1. The number of imide groups is 3. The maximum atomic E-state index is 14.9. The van der Waals surface area contributed by atoms with Gasteiger partial charge in [0.25, 0.3) is 47.3 Å². The molecule has 0 atom stereocenters. The summed E-state index contributed by atoms with van der Waals surface area (Å²) < 4.78 is 214. The minimum Gasteiger partial charge on any atom is -0.462 e. The maximum Gasteiger partial charge on any atom is 0.333 e. The van der Waals surface area contributed by atoms with Crippen molar-refractivity contribution in [2.45, 2.75) is 34.5 Å². The number of Topliss-reactive ketones (excluding diaryl/α,β-unsaturated/α-hetero) is 1. The average molecular weight is 1650 g/mol. The molecule has 11 aromatic carbocycles. The van der Waals surface area contributed by atoms with Crippen molar-refractivity contribution >= 4 is 145 Å². The van der Waals surface area contributed by atoms with Crippen molar-refractivity contribution < 1.29 is 126 Å². The van der Waals surface area contributed by atoms with E-state index in [1.165, 1.54) is 122 Å². The van der Waals surface area contributed by atoms with Gasteiger partial charge in [0, 0.05) is 45.1 Å². The summed E-state index contributed by atoms with van der Waals surface area (Å²) in [6.45, 7) is 11.5. The van der Waals surface area contributed by atoms with Crippen LogP contribution >= 0.6 is 0 Å². The van der Waals surface area contributed by atoms with Gasteiger partial charge in [0.15, 0.2) is 62.1 Å². The highest BCUT2D eigenvalue weighted by Crippen LogP contribution is 2.39. The molecular formula is C80H49F8N5O20S3. The molecule has 0 saturated carbocycles. The zero-order valence-electron chi connectivity index (χ0n) is 59.0. The van der Waals surface area contributed by atoms with Gasteiger partial charge >= 0.3 is 36.3 Å². The zero-order chi connectivity index (χ0) is 83.9. The van der Waals surface area contributed by atoms with E-state index < -0.39 is 163 Å². The Kier molecular flexibility index (Phi) is 22.7. The van der Waals surface area contributed by atoms with Gasteiger partial charge in [0.05, 0.1) is 50.4 Å². The van der Waals surface area contributed by atoms with E-state index in [2.05, 4.69) is 33.6 Å². The monoisotopic (exact) mass is 1650 g/mol. The number of carbonyl (C=O) groups excluding carboxylic acids is 10. The van der Waals surface area contributed by atoms with Crippen molar-refractivity contribution in [3.05, 3.63) is 315 Å². The highest BCUT2D eigenvalue weighted by molar-refractivity contribution is 7.87. The first kappa shape index (κ1) is 81.6. The molecule has 0 bridgehead atoms. The molecule has 0 fully saturated rings. The molecule has 0 radical (unpaired) electrons. The number of halogens is 8. The second-order valence-corrected chi connectivity index (χ2v) is 29.3. The summed E-state index contributed by atoms with van der Waals surface area (Å²) in [6, 6.07) is 44.3. The van der Waals surface area contributed by atoms with Crippen LogP contribution in [0.5, 0.6) is 0 Å². The van der Waals surface area contributed by atoms with Crippen molar-refractivity contribution in [2.24, 2.45) is 0 Å². The van der Waals surface area contributed by atoms with Crippen LogP contribution in [0.2, 0.25) is 0 Å². The van der Waals surface area contributed by atoms with Crippen LogP contribution < -0.4 is 10.6 Å². The van der Waals surface area contributed by atoms with E-state index in [4.69, 9.17) is 9.02 Å². The van der Waals surface area contributed by atoms with Gasteiger partial charge in [0.2, 0.25) is 0 Å². The maximum absolute atomic E-state index is 14.9. The Morgan fingerprint density at radius 2 is 0.698 bits per heavy atom. The third kappa shape index (κ3) is 15.5. The van der Waals surface area contributed by atoms with Gasteiger partial charge in [-0.05, 0) is 126 Å². The molecule has 3 heterocycles. The molecule has 0 spiro atoms. The number of hydroxylamine groups is 6. The van der Waals surface area contributed by atoms with Crippen molar-refractivity contribution in [1.82, 2.24) is 15.2 Å². The third-order valence-corrected chi connectivity index (χ3v) is 21.1. The lowest BCUT2D eigenvalue weighted by Crippen LogP contribution is -2.42. The normalized spacial score (nSPS) is 13.1. The van der Waals surface area contributed by atoms with Crippen LogP contribution in [-0.4, -0.2) is 106 Å². The standard InChI is InChI=1S/C27H14F4N2O6S.C27H18N2O6S.C26H17F4NO8S/c1-2-13-9-11-15(12-10-13)32-25(34)19-20(28)22(30)24(23(31)21(19)29)40(37,38)39-33-26(35)16-7-3-5-14-6-4-8-17(18(14)16)27(33)36;1-2-17-9-13-20(14-10-17)28-25(30)19-11-15-21(16-12-19)36(33,34)35-29-26(31)22-7-3-5-18-6-4-8-23(24(18)22)27(29)32;1-12(2)26(35)38-11-5-10-16(32)18-19(27)21(29)23(22(30)20(18)28)40(36,37)39-31-24(33)14-8-3-6-13-7-4-9-15(17(13)14)25(31)34/h2-12H,1H2,(H,32,34);2-16H,1H2,(H,28,30);3-4,6-9H,1,5,10-11H2,2H3. The van der Waals surface area contributed by atoms with Crippen LogP contribution in [0.4, 0.5) is 46.5 Å². The number of nitrogens with one attached hydrogen (secondary N) is 2. The Balaban J connectivity index is 0.000000161. The minimum absolute atomic E-state index is 0.00679. The van der Waals surface area contributed by atoms with Gasteiger partial charge < -0.3 is 15.4 Å². The van der Waals surface area contributed by atoms with E-state index >= 15 is 0 Å². The summed E-state index contributed by atoms with van der Waals surface area (Å²) in [5.41, 5.74) is -1.54. The Morgan fingerprint density at radius 1 is 0.397 bits per heavy atom. The van der Waals surface area contributed by atoms with E-state index in [1.54, 1.807) is 78.9 Å². The number of carbonyl (C=O) groups is 10. The predicted octanol–water partition coefficient (Wildman–Crippen LogP) is 14.3. The lowest BCUT2D eigenvalue weighted by atomic mass is 9.95. The molecule has 8 amide bonds. The lowest BCUT2D eigenvalue weighted by Gasteiger charge is -2.25. The van der Waals surface area contributed by atoms with Crippen LogP contribution in [0.3, 0.4) is 0 Å². The van der Waals surface area contributed by atoms with Crippen molar-refractivity contribution in [3.63, 3.8) is 0 Å². The molecule has 116 heavy (non-hydrogen) atoms. The number of benzene rings is 11. The molecule has 36 heteroatoms. The number of hydrogen-bond donors (Lipinski definition) is 2. The minimum atomic E-state index is -5.91. The topological polar surface area (TPSA) is 344 Å². The van der Waals surface area contributed by atoms with Crippen LogP contribution in [0.1, 0.15) is 124 Å². The summed E-state index contributed by atoms with van der Waals surface area (Å²) in [6.07, 6.45) is 2.12. The second kappa shape index (κ2) is 32.3. The first-order valence-electron chi connectivity index (χ1n) is 33.3. The van der Waals surface area contributed by atoms with Gasteiger partial charge in [-0.2, -0.15) is 25.3 Å². The smallest absolute Gasteiger partial charge is 0.333 e. The highest BCUT2D eigenvalue weighted by Gasteiger charge is 2.45. The Labute approximate surface area is 649 Å². The van der Waals surface area contributed by atoms with E-state index in [9.17, 15) is 108 Å². The second-order valence-electron chi connectivity index (χ2n) is 24.9. The van der Waals surface area contributed by atoms with Gasteiger partial charge in [-0.3, -0.25) is 43.2 Å². The first-order chi connectivity index (χ1) is 55.0. The highest BCUT2D eigenvalue weighted by atomic mass is 32.2. The zero-order valence-corrected chi connectivity index (χ0v) is 61.4. The Morgan fingerprint density at radius 3 is 1.01 bits per heavy atom. The number of anilines is 2. The van der Waals surface area contributed by atoms with Crippen molar-refractivity contribution in [3.8, 4) is 0 Å². The molecule has 0 saturated heterocycles. The van der Waals surface area contributed by atoms with E-state index in [1.807, 2.05) is 5.32 Å². The number of ether oxygens (including phenoxy) is 1. The Hall–Kier alpha value is -13.9. The summed E-state index contributed by atoms with van der Waals surface area (Å²) in [4.78, 5) is 121. The van der Waals surface area contributed by atoms with Crippen molar-refractivity contribution in [1.29, 1.82) is 0 Å². The third-order valence-electron chi connectivity index (χ3n) is 17.5. The first-order valence-corrected chi connectivity index (χ1v) is 37.6. The lowest BCUT2D eigenvalue weighted by molar-refractivity contribution is -0.139. The van der Waals surface area contributed by atoms with Gasteiger partial charge in [-0.25, -0.2) is 39.9 Å². The molecule has 0 aromatic heterocycles. The summed E-state index contributed by atoms with van der Waals surface area (Å²) >= 11 is 0. The molecule has 3 aliphatic heterocycles. The SMILES string of the molecule is C=C(C)C(=O)OCCCC(=O)c1c(F)c(F)c(S(=O)(=O)ON2C(=O)c3cccc4cccc(c34)C2=O)c(F)c1F.C=Cc1ccc(NC(=O)c2c(F)c(F)c(S(=O)(=O)ON3C(=O)c4cccc5cccc(c45)C3=O)c(F)c2F)cc1.C=Cc1ccc(NC(=O)c2ccc(S(=O)(=O)ON3C(=O)c4cccc5cccc(c45)C3=O)cc2)cc1. The summed E-state index contributed by atoms with van der Waals surface area (Å²) in [5.74, 6) is -30.8. The van der Waals surface area contributed by atoms with Crippen LogP contribution in [0.25, 0.3) is 44.5 Å². The number of rotatable bonds is 21. The van der Waals surface area contributed by atoms with Gasteiger partial charge in [-0.15, -0.1) is 28.0 Å². The molecular weight excluding hydrogens is 1600 g/mol. The molecule has 14 rings (SSSR count). The molecule has 2 N–H and O–H groups in total. The van der Waals surface area contributed by atoms with E-state index in [0.717, 1.165) is 5.56 Å². The number of ketones is 1. The fourth-order valence-corrected chi connectivity index (χ4v) is 14.9. The van der Waals surface area contributed by atoms with Crippen LogP contribution in [0.15, 0.2) is 222 Å². The van der Waals surface area contributed by atoms with E-state index in [0.29, 0.717) is 32.8 Å². The number of amides is 8. The summed E-state index contributed by atoms with van der Waals surface area (Å²) in [5, 5.41) is 6.81. The van der Waals surface area contributed by atoms with Crippen molar-refractivity contribution in [2.75, 3.05) is 17.2 Å². The number of nitrogens with zero attached hydrogens (tertiary/aromatic N) is 3. The average Bonchev–Trinajstić information content (AvgIpc) is 0.706. The van der Waals surface area contributed by atoms with E-state index in [-0.39, 0.29) is 94.1 Å². The largest absolute Gasteiger partial charge is 0.462 e.